The van der Waals surface area contributed by atoms with E-state index in [1.54, 1.807) is 12.3 Å². The molecule has 5 nitrogen and oxygen atoms in total. The first kappa shape index (κ1) is 12.6. The number of nitrogens with zero attached hydrogens (tertiary/aromatic N) is 2. The van der Waals surface area contributed by atoms with Gasteiger partial charge in [-0.15, -0.1) is 0 Å². The van der Waals surface area contributed by atoms with Gasteiger partial charge in [0.15, 0.2) is 0 Å². The van der Waals surface area contributed by atoms with Crippen LogP contribution in [0.25, 0.3) is 0 Å². The molecule has 1 heterocycles. The second-order valence-electron chi connectivity index (χ2n) is 3.60. The van der Waals surface area contributed by atoms with Crippen LogP contribution in [0.3, 0.4) is 0 Å². The van der Waals surface area contributed by atoms with E-state index in [9.17, 15) is 4.79 Å². The van der Waals surface area contributed by atoms with Gasteiger partial charge in [-0.3, -0.25) is 10.1 Å². The molecule has 0 aliphatic carbocycles. The minimum Gasteiger partial charge on any atom is -0.369 e. The smallest absolute Gasteiger partial charge is 0.252 e. The van der Waals surface area contributed by atoms with Gasteiger partial charge >= 0.3 is 0 Å². The normalized spacial score (nSPS) is 12.2. The van der Waals surface area contributed by atoms with Gasteiger partial charge in [-0.25, -0.2) is 9.97 Å². The Kier molecular flexibility index (Phi) is 4.85. The van der Waals surface area contributed by atoms with Gasteiger partial charge in [-0.1, -0.05) is 6.92 Å². The summed E-state index contributed by atoms with van der Waals surface area (Å²) in [5, 5.41) is 2.58. The molecule has 1 aromatic heterocycles. The van der Waals surface area contributed by atoms with Crippen LogP contribution in [0.1, 0.15) is 26.0 Å². The van der Waals surface area contributed by atoms with E-state index in [1.807, 2.05) is 20.8 Å². The van der Waals surface area contributed by atoms with Crippen molar-refractivity contribution < 1.29 is 9.53 Å². The Morgan fingerprint density at radius 1 is 1.62 bits per heavy atom. The van der Waals surface area contributed by atoms with Gasteiger partial charge in [0.05, 0.1) is 6.10 Å². The Morgan fingerprint density at radius 3 is 3.00 bits per heavy atom. The number of carbonyl (C=O) groups excluding carboxylic acids is 1. The van der Waals surface area contributed by atoms with Crippen LogP contribution in [-0.4, -0.2) is 28.6 Å². The molecule has 0 spiro atoms. The monoisotopic (exact) mass is 223 g/mol. The standard InChI is InChI=1S/C11H17N3O2/c1-4-9(3)16-7-10(15)14-11-12-6-5-8(2)13-11/h5-6,9H,4,7H2,1-3H3,(H,12,13,14,15)/t9-/m0/s1. The van der Waals surface area contributed by atoms with Crippen LogP contribution in [0, 0.1) is 6.92 Å². The molecular formula is C11H17N3O2. The molecule has 1 N–H and O–H groups in total. The van der Waals surface area contributed by atoms with Crippen molar-refractivity contribution >= 4 is 11.9 Å². The molecule has 1 aromatic rings. The van der Waals surface area contributed by atoms with Crippen LogP contribution in [0.4, 0.5) is 5.95 Å². The molecule has 0 bridgehead atoms. The minimum atomic E-state index is -0.231. The number of ether oxygens (including phenoxy) is 1. The van der Waals surface area contributed by atoms with E-state index >= 15 is 0 Å². The highest BCUT2D eigenvalue weighted by molar-refractivity contribution is 5.89. The zero-order valence-electron chi connectivity index (χ0n) is 9.86. The topological polar surface area (TPSA) is 64.1 Å². The maximum Gasteiger partial charge on any atom is 0.252 e. The Hall–Kier alpha value is -1.49. The molecule has 5 heteroatoms. The maximum absolute atomic E-state index is 11.4. The van der Waals surface area contributed by atoms with Gasteiger partial charge in [0, 0.05) is 11.9 Å². The number of rotatable bonds is 5. The number of nitrogens with one attached hydrogen (secondary N) is 1. The quantitative estimate of drug-likeness (QED) is 0.822. The average molecular weight is 223 g/mol. The molecule has 0 radical (unpaired) electrons. The zero-order valence-corrected chi connectivity index (χ0v) is 9.86. The predicted octanol–water partition coefficient (Wildman–Crippen LogP) is 1.54. The number of aryl methyl sites for hydroxylation is 1. The molecule has 0 saturated heterocycles. The average Bonchev–Trinajstić information content (AvgIpc) is 2.26. The van der Waals surface area contributed by atoms with Gasteiger partial charge < -0.3 is 4.74 Å². The number of hydrogen-bond acceptors (Lipinski definition) is 4. The highest BCUT2D eigenvalue weighted by Gasteiger charge is 2.06. The van der Waals surface area contributed by atoms with Crippen molar-refractivity contribution in [1.82, 2.24) is 9.97 Å². The summed E-state index contributed by atoms with van der Waals surface area (Å²) < 4.78 is 5.29. The van der Waals surface area contributed by atoms with Crippen LogP contribution < -0.4 is 5.32 Å². The van der Waals surface area contributed by atoms with Crippen molar-refractivity contribution in [1.29, 1.82) is 0 Å². The molecule has 0 unspecified atom stereocenters. The Morgan fingerprint density at radius 2 is 2.38 bits per heavy atom. The van der Waals surface area contributed by atoms with Crippen molar-refractivity contribution in [3.63, 3.8) is 0 Å². The summed E-state index contributed by atoms with van der Waals surface area (Å²) in [5.74, 6) is 0.0867. The fraction of sp³-hybridized carbons (Fsp3) is 0.545. The Labute approximate surface area is 95.3 Å². The van der Waals surface area contributed by atoms with Crippen molar-refractivity contribution in [3.8, 4) is 0 Å². The van der Waals surface area contributed by atoms with Gasteiger partial charge in [0.1, 0.15) is 6.61 Å². The summed E-state index contributed by atoms with van der Waals surface area (Å²) in [6.45, 7) is 5.81. The molecule has 88 valence electrons. The zero-order chi connectivity index (χ0) is 12.0. The summed E-state index contributed by atoms with van der Waals surface area (Å²) in [6, 6.07) is 1.77. The van der Waals surface area contributed by atoms with Gasteiger partial charge in [-0.2, -0.15) is 0 Å². The highest BCUT2D eigenvalue weighted by Crippen LogP contribution is 2.00. The molecule has 0 saturated carbocycles. The maximum atomic E-state index is 11.4. The third kappa shape index (κ3) is 4.35. The first-order chi connectivity index (χ1) is 7.61. The molecular weight excluding hydrogens is 206 g/mol. The second-order valence-corrected chi connectivity index (χ2v) is 3.60. The number of carbonyl (C=O) groups is 1. The number of aromatic nitrogens is 2. The minimum absolute atomic E-state index is 0.0340. The van der Waals surface area contributed by atoms with Crippen LogP contribution in [0.5, 0.6) is 0 Å². The van der Waals surface area contributed by atoms with Crippen molar-refractivity contribution in [2.45, 2.75) is 33.3 Å². The van der Waals surface area contributed by atoms with Crippen LogP contribution >= 0.6 is 0 Å². The number of hydrogen-bond donors (Lipinski definition) is 1. The lowest BCUT2D eigenvalue weighted by atomic mass is 10.3. The molecule has 1 amide bonds. The van der Waals surface area contributed by atoms with Crippen molar-refractivity contribution in [3.05, 3.63) is 18.0 Å². The Bertz CT molecular complexity index is 355. The SMILES string of the molecule is CC[C@H](C)OCC(=O)Nc1nccc(C)n1. The molecule has 0 aliphatic heterocycles. The fourth-order valence-electron chi connectivity index (χ4n) is 1.01. The predicted molar refractivity (Wildman–Crippen MR) is 61.1 cm³/mol. The van der Waals surface area contributed by atoms with Gasteiger partial charge in [0.2, 0.25) is 5.95 Å². The lowest BCUT2D eigenvalue weighted by Gasteiger charge is -2.09. The molecule has 0 fully saturated rings. The number of amides is 1. The molecule has 0 aromatic carbocycles. The van der Waals surface area contributed by atoms with Gasteiger partial charge in [0.25, 0.3) is 5.91 Å². The van der Waals surface area contributed by atoms with E-state index in [2.05, 4.69) is 15.3 Å². The first-order valence-electron chi connectivity index (χ1n) is 5.33. The summed E-state index contributed by atoms with van der Waals surface area (Å²) in [6.07, 6.45) is 2.57. The summed E-state index contributed by atoms with van der Waals surface area (Å²) >= 11 is 0. The second kappa shape index (κ2) is 6.17. The van der Waals surface area contributed by atoms with Crippen LogP contribution in [0.2, 0.25) is 0 Å². The fourth-order valence-corrected chi connectivity index (χ4v) is 1.01. The molecule has 1 rings (SSSR count). The lowest BCUT2D eigenvalue weighted by molar-refractivity contribution is -0.122. The van der Waals surface area contributed by atoms with E-state index in [1.165, 1.54) is 0 Å². The largest absolute Gasteiger partial charge is 0.369 e. The van der Waals surface area contributed by atoms with Crippen LogP contribution in [-0.2, 0) is 9.53 Å². The molecule has 16 heavy (non-hydrogen) atoms. The van der Waals surface area contributed by atoms with Crippen molar-refractivity contribution in [2.75, 3.05) is 11.9 Å². The van der Waals surface area contributed by atoms with Crippen LogP contribution in [0.15, 0.2) is 12.3 Å². The van der Waals surface area contributed by atoms with E-state index in [-0.39, 0.29) is 18.6 Å². The summed E-state index contributed by atoms with van der Waals surface area (Å²) in [5.41, 5.74) is 0.813. The van der Waals surface area contributed by atoms with E-state index in [0.29, 0.717) is 5.95 Å². The van der Waals surface area contributed by atoms with Crippen molar-refractivity contribution in [2.24, 2.45) is 0 Å². The molecule has 0 aliphatic rings. The molecule has 1 atom stereocenters. The summed E-state index contributed by atoms with van der Waals surface area (Å²) in [7, 11) is 0. The first-order valence-corrected chi connectivity index (χ1v) is 5.33. The van der Waals surface area contributed by atoms with E-state index in [4.69, 9.17) is 4.74 Å². The van der Waals surface area contributed by atoms with E-state index in [0.717, 1.165) is 12.1 Å². The van der Waals surface area contributed by atoms with E-state index < -0.39 is 0 Å². The highest BCUT2D eigenvalue weighted by atomic mass is 16.5. The lowest BCUT2D eigenvalue weighted by Crippen LogP contribution is -2.22. The third-order valence-corrected chi connectivity index (χ3v) is 2.12. The van der Waals surface area contributed by atoms with Gasteiger partial charge in [-0.05, 0) is 26.3 Å². The third-order valence-electron chi connectivity index (χ3n) is 2.12. The Balaban J connectivity index is 2.40. The summed E-state index contributed by atoms with van der Waals surface area (Å²) in [4.78, 5) is 19.4. The number of anilines is 1.